The lowest BCUT2D eigenvalue weighted by molar-refractivity contribution is -0.322. The van der Waals surface area contributed by atoms with Crippen molar-refractivity contribution in [1.29, 1.82) is 0 Å². The van der Waals surface area contributed by atoms with Crippen molar-refractivity contribution in [2.75, 3.05) is 7.11 Å². The summed E-state index contributed by atoms with van der Waals surface area (Å²) in [6.07, 6.45) is 0.0380. The maximum atomic E-state index is 12.6. The highest BCUT2D eigenvalue weighted by Crippen LogP contribution is 2.41. The average molecular weight is 321 g/mol. The number of aliphatic imine (C=N–C) groups is 1. The molecule has 1 aliphatic heterocycles. The molecule has 0 saturated carbocycles. The van der Waals surface area contributed by atoms with E-state index in [1.807, 2.05) is 51.1 Å². The molecular weight excluding hydrogens is 298 g/mol. The first-order chi connectivity index (χ1) is 10.7. The molecule has 0 amide bonds. The second kappa shape index (κ2) is 5.94. The molecule has 0 aliphatic carbocycles. The molecule has 2 rings (SSSR count). The van der Waals surface area contributed by atoms with Crippen molar-refractivity contribution in [3.8, 4) is 0 Å². The van der Waals surface area contributed by atoms with Gasteiger partial charge in [-0.15, -0.1) is 0 Å². The monoisotopic (exact) mass is 321 g/mol. The van der Waals surface area contributed by atoms with Gasteiger partial charge in [-0.2, -0.15) is 4.89 Å². The lowest BCUT2D eigenvalue weighted by Gasteiger charge is -2.45. The zero-order valence-electron chi connectivity index (χ0n) is 14.1. The van der Waals surface area contributed by atoms with Crippen LogP contribution >= 0.6 is 0 Å². The van der Waals surface area contributed by atoms with Crippen LogP contribution < -0.4 is 0 Å². The Labute approximate surface area is 136 Å². The van der Waals surface area contributed by atoms with Crippen LogP contribution in [0.3, 0.4) is 0 Å². The molecule has 0 radical (unpaired) electrons. The summed E-state index contributed by atoms with van der Waals surface area (Å²) in [5, 5.41) is 9.40. The minimum Gasteiger partial charge on any atom is -0.481 e. The van der Waals surface area contributed by atoms with Gasteiger partial charge in [0.15, 0.2) is 5.60 Å². The van der Waals surface area contributed by atoms with Gasteiger partial charge in [0.05, 0.1) is 7.11 Å². The molecule has 1 aromatic carbocycles. The van der Waals surface area contributed by atoms with E-state index in [1.54, 1.807) is 6.92 Å². The number of carbonyl (C=O) groups is 1. The van der Waals surface area contributed by atoms with E-state index in [0.29, 0.717) is 0 Å². The van der Waals surface area contributed by atoms with Gasteiger partial charge in [0.25, 0.3) is 5.72 Å². The Balaban J connectivity index is 2.49. The van der Waals surface area contributed by atoms with Gasteiger partial charge in [0, 0.05) is 11.8 Å². The van der Waals surface area contributed by atoms with Gasteiger partial charge in [-0.05, 0) is 12.5 Å². The topological polar surface area (TPSA) is 77.4 Å². The first kappa shape index (κ1) is 17.4. The van der Waals surface area contributed by atoms with Crippen LogP contribution in [-0.4, -0.2) is 35.6 Å². The number of nitrogens with zero attached hydrogens (tertiary/aromatic N) is 1. The number of ether oxygens (including phenoxy) is 2. The highest BCUT2D eigenvalue weighted by Gasteiger charge is 2.57. The fourth-order valence-electron chi connectivity index (χ4n) is 2.41. The lowest BCUT2D eigenvalue weighted by Crippen LogP contribution is -2.61. The molecule has 0 fully saturated rings. The molecule has 6 heteroatoms. The number of hydrogen-bond donors (Lipinski definition) is 1. The van der Waals surface area contributed by atoms with Crippen molar-refractivity contribution in [2.45, 2.75) is 45.4 Å². The van der Waals surface area contributed by atoms with Crippen molar-refractivity contribution in [3.05, 3.63) is 35.9 Å². The Morgan fingerprint density at radius 1 is 1.26 bits per heavy atom. The van der Waals surface area contributed by atoms with Gasteiger partial charge < -0.3 is 9.47 Å². The minimum absolute atomic E-state index is 0.0380. The molecule has 1 aromatic rings. The molecule has 1 heterocycles. The Kier molecular flexibility index (Phi) is 4.50. The molecule has 126 valence electrons. The van der Waals surface area contributed by atoms with E-state index in [1.165, 1.54) is 7.11 Å². The maximum Gasteiger partial charge on any atom is 0.366 e. The van der Waals surface area contributed by atoms with E-state index in [-0.39, 0.29) is 12.3 Å². The van der Waals surface area contributed by atoms with Crippen LogP contribution in [0.15, 0.2) is 35.3 Å². The second-order valence-electron chi connectivity index (χ2n) is 6.83. The average Bonchev–Trinajstić information content (AvgIpc) is 2.50. The van der Waals surface area contributed by atoms with Gasteiger partial charge in [-0.25, -0.2) is 15.0 Å². The first-order valence-electron chi connectivity index (χ1n) is 7.43. The van der Waals surface area contributed by atoms with Crippen LogP contribution in [0.1, 0.15) is 33.3 Å². The summed E-state index contributed by atoms with van der Waals surface area (Å²) in [5.41, 5.74) is -2.60. The van der Waals surface area contributed by atoms with E-state index in [0.717, 1.165) is 5.56 Å². The Morgan fingerprint density at radius 2 is 1.87 bits per heavy atom. The lowest BCUT2D eigenvalue weighted by atomic mass is 9.76. The molecule has 2 atom stereocenters. The largest absolute Gasteiger partial charge is 0.481 e. The predicted molar refractivity (Wildman–Crippen MR) is 85.0 cm³/mol. The van der Waals surface area contributed by atoms with E-state index < -0.39 is 22.7 Å². The zero-order valence-corrected chi connectivity index (χ0v) is 14.1. The number of hydrogen-bond acceptors (Lipinski definition) is 6. The maximum absolute atomic E-state index is 12.6. The summed E-state index contributed by atoms with van der Waals surface area (Å²) >= 11 is 0. The fourth-order valence-corrected chi connectivity index (χ4v) is 2.41. The number of rotatable bonds is 3. The van der Waals surface area contributed by atoms with Crippen molar-refractivity contribution < 1.29 is 24.4 Å². The standard InChI is InChI=1S/C17H23NO5/c1-15(2,3)16(4)13(21-5)18-17(23-20,14(19)22-16)11-12-9-7-6-8-10-12/h6-10,20H,11H2,1-5H3/t16-,17-/m1/s1. The number of benzene rings is 1. The van der Waals surface area contributed by atoms with Crippen LogP contribution in [0.2, 0.25) is 0 Å². The summed E-state index contributed by atoms with van der Waals surface area (Å²) in [6.45, 7) is 7.48. The molecule has 0 saturated heterocycles. The normalized spacial score (nSPS) is 28.1. The molecule has 0 aromatic heterocycles. The summed E-state index contributed by atoms with van der Waals surface area (Å²) in [6, 6.07) is 9.14. The SMILES string of the molecule is COC1=N[C@](Cc2ccccc2)(OO)C(=O)O[C@@]1(C)C(C)(C)C. The van der Waals surface area contributed by atoms with Gasteiger partial charge in [-0.1, -0.05) is 51.1 Å². The molecule has 0 spiro atoms. The summed E-state index contributed by atoms with van der Waals surface area (Å²) in [5.74, 6) is -0.545. The molecule has 1 aliphatic rings. The number of cyclic esters (lactones) is 1. The Bertz CT molecular complexity index is 607. The van der Waals surface area contributed by atoms with Gasteiger partial charge in [0.1, 0.15) is 0 Å². The molecular formula is C17H23NO5. The van der Waals surface area contributed by atoms with Crippen LogP contribution in [0.25, 0.3) is 0 Å². The van der Waals surface area contributed by atoms with Crippen LogP contribution in [0.5, 0.6) is 0 Å². The van der Waals surface area contributed by atoms with Gasteiger partial charge in [0.2, 0.25) is 5.90 Å². The summed E-state index contributed by atoms with van der Waals surface area (Å²) in [7, 11) is 1.45. The van der Waals surface area contributed by atoms with E-state index in [9.17, 15) is 10.1 Å². The Hall–Kier alpha value is -1.92. The molecule has 6 nitrogen and oxygen atoms in total. The highest BCUT2D eigenvalue weighted by molar-refractivity contribution is 5.96. The third-order valence-corrected chi connectivity index (χ3v) is 4.37. The van der Waals surface area contributed by atoms with Crippen LogP contribution in [0, 0.1) is 5.41 Å². The van der Waals surface area contributed by atoms with Gasteiger partial charge >= 0.3 is 5.97 Å². The van der Waals surface area contributed by atoms with Crippen molar-refractivity contribution in [3.63, 3.8) is 0 Å². The quantitative estimate of drug-likeness (QED) is 0.526. The third kappa shape index (κ3) is 2.96. The predicted octanol–water partition coefficient (Wildman–Crippen LogP) is 2.82. The number of carbonyl (C=O) groups excluding carboxylic acids is 1. The molecule has 1 N–H and O–H groups in total. The number of methoxy groups -OCH3 is 1. The minimum atomic E-state index is -1.86. The van der Waals surface area contributed by atoms with Crippen molar-refractivity contribution in [1.82, 2.24) is 0 Å². The van der Waals surface area contributed by atoms with E-state index in [2.05, 4.69) is 9.88 Å². The molecule has 0 bridgehead atoms. The molecule has 0 unspecified atom stereocenters. The second-order valence-corrected chi connectivity index (χ2v) is 6.83. The number of esters is 1. The Morgan fingerprint density at radius 3 is 2.35 bits per heavy atom. The van der Waals surface area contributed by atoms with E-state index >= 15 is 0 Å². The third-order valence-electron chi connectivity index (χ3n) is 4.37. The van der Waals surface area contributed by atoms with Crippen molar-refractivity contribution in [2.24, 2.45) is 10.4 Å². The smallest absolute Gasteiger partial charge is 0.366 e. The van der Waals surface area contributed by atoms with Crippen LogP contribution in [0.4, 0.5) is 0 Å². The van der Waals surface area contributed by atoms with Crippen LogP contribution in [-0.2, 0) is 25.6 Å². The first-order valence-corrected chi connectivity index (χ1v) is 7.43. The highest BCUT2D eigenvalue weighted by atomic mass is 17.1. The van der Waals surface area contributed by atoms with Gasteiger partial charge in [-0.3, -0.25) is 0 Å². The molecule has 23 heavy (non-hydrogen) atoms. The van der Waals surface area contributed by atoms with E-state index in [4.69, 9.17) is 9.47 Å². The summed E-state index contributed by atoms with van der Waals surface area (Å²) in [4.78, 5) is 21.4. The summed E-state index contributed by atoms with van der Waals surface area (Å²) < 4.78 is 11.0. The van der Waals surface area contributed by atoms with Crippen molar-refractivity contribution >= 4 is 11.9 Å². The fraction of sp³-hybridized carbons (Fsp3) is 0.529. The zero-order chi connectivity index (χ0) is 17.3.